The summed E-state index contributed by atoms with van der Waals surface area (Å²) in [4.78, 5) is 2.16. The van der Waals surface area contributed by atoms with Crippen molar-refractivity contribution < 1.29 is 27.8 Å². The zero-order chi connectivity index (χ0) is 20.3. The van der Waals surface area contributed by atoms with Gasteiger partial charge in [0.25, 0.3) is 0 Å². The molecule has 2 aromatic rings. The Morgan fingerprint density at radius 3 is 2.23 bits per heavy atom. The summed E-state index contributed by atoms with van der Waals surface area (Å²) >= 11 is 3.43. The Hall–Kier alpha value is -1.39. The summed E-state index contributed by atoms with van der Waals surface area (Å²) in [5.41, 5.74) is 1.35. The van der Waals surface area contributed by atoms with E-state index in [9.17, 15) is 18.3 Å². The monoisotopic (exact) mass is 532 g/mol. The summed E-state index contributed by atoms with van der Waals surface area (Å²) in [7, 11) is 1.47. The normalized spacial score (nSPS) is 15.5. The maximum absolute atomic E-state index is 12.4. The van der Waals surface area contributed by atoms with Gasteiger partial charge in [-0.05, 0) is 29.8 Å². The van der Waals surface area contributed by atoms with Crippen molar-refractivity contribution in [1.29, 1.82) is 0 Å². The highest BCUT2D eigenvalue weighted by molar-refractivity contribution is 9.10. The van der Waals surface area contributed by atoms with Crippen LogP contribution in [-0.2, 0) is 0 Å². The Bertz CT molecular complexity index is 820. The number of piperazine rings is 1. The number of hydrogen-bond donors (Lipinski definition) is 2. The minimum Gasteiger partial charge on any atom is -0.504 e. The number of hydrogen-bond acceptors (Lipinski definition) is 5. The second-order valence-corrected chi connectivity index (χ2v) is 7.27. The Kier molecular flexibility index (Phi) is 10.0. The lowest BCUT2D eigenvalue weighted by molar-refractivity contribution is -0.274. The zero-order valence-corrected chi connectivity index (χ0v) is 19.1. The van der Waals surface area contributed by atoms with Crippen LogP contribution in [0.25, 0.3) is 0 Å². The molecule has 2 aromatic carbocycles. The number of ether oxygens (including phenoxy) is 2. The molecule has 0 amide bonds. The highest BCUT2D eigenvalue weighted by atomic mass is 79.9. The molecule has 5 nitrogen and oxygen atoms in total. The summed E-state index contributed by atoms with van der Waals surface area (Å²) in [5, 5.41) is 14.0. The molecule has 0 radical (unpaired) electrons. The van der Waals surface area contributed by atoms with Gasteiger partial charge in [-0.2, -0.15) is 0 Å². The van der Waals surface area contributed by atoms with Crippen LogP contribution in [0.15, 0.2) is 40.9 Å². The van der Waals surface area contributed by atoms with Gasteiger partial charge in [0.05, 0.1) is 13.2 Å². The summed E-state index contributed by atoms with van der Waals surface area (Å²) in [6, 6.07) is 8.84. The second kappa shape index (κ2) is 11.3. The van der Waals surface area contributed by atoms with E-state index in [-0.39, 0.29) is 42.4 Å². The van der Waals surface area contributed by atoms with Gasteiger partial charge in [-0.3, -0.25) is 4.90 Å². The molecule has 1 heterocycles. The van der Waals surface area contributed by atoms with E-state index < -0.39 is 6.36 Å². The molecular formula is C19H22BrCl2F3N2O3. The number of alkyl halides is 3. The molecule has 1 saturated heterocycles. The fraction of sp³-hybridized carbons (Fsp3) is 0.368. The maximum Gasteiger partial charge on any atom is 0.573 e. The van der Waals surface area contributed by atoms with E-state index in [1.807, 2.05) is 0 Å². The number of nitrogens with zero attached hydrogens (tertiary/aromatic N) is 1. The van der Waals surface area contributed by atoms with Gasteiger partial charge < -0.3 is 19.9 Å². The predicted octanol–water partition coefficient (Wildman–Crippen LogP) is 4.90. The third kappa shape index (κ3) is 6.55. The summed E-state index contributed by atoms with van der Waals surface area (Å²) in [6.07, 6.45) is -4.74. The zero-order valence-electron chi connectivity index (χ0n) is 15.9. The van der Waals surface area contributed by atoms with Crippen molar-refractivity contribution in [2.75, 3.05) is 33.3 Å². The molecule has 0 unspecified atom stereocenters. The smallest absolute Gasteiger partial charge is 0.504 e. The molecule has 168 valence electrons. The van der Waals surface area contributed by atoms with Crippen LogP contribution in [0.4, 0.5) is 13.2 Å². The first-order chi connectivity index (χ1) is 13.3. The van der Waals surface area contributed by atoms with Crippen molar-refractivity contribution in [3.05, 3.63) is 52.0 Å². The van der Waals surface area contributed by atoms with Gasteiger partial charge in [-0.25, -0.2) is 0 Å². The average molecular weight is 534 g/mol. The number of methoxy groups -OCH3 is 1. The molecule has 0 saturated carbocycles. The number of halogens is 6. The molecule has 30 heavy (non-hydrogen) atoms. The van der Waals surface area contributed by atoms with Crippen molar-refractivity contribution in [2.24, 2.45) is 0 Å². The van der Waals surface area contributed by atoms with Gasteiger partial charge in [0.15, 0.2) is 11.5 Å². The van der Waals surface area contributed by atoms with E-state index in [1.54, 1.807) is 24.3 Å². The third-order valence-corrected chi connectivity index (χ3v) is 4.99. The van der Waals surface area contributed by atoms with E-state index in [0.29, 0.717) is 11.3 Å². The molecule has 1 aliphatic rings. The van der Waals surface area contributed by atoms with Crippen molar-refractivity contribution in [1.82, 2.24) is 10.2 Å². The van der Waals surface area contributed by atoms with Crippen LogP contribution in [0.3, 0.4) is 0 Å². The van der Waals surface area contributed by atoms with E-state index in [0.717, 1.165) is 36.2 Å². The van der Waals surface area contributed by atoms with Gasteiger partial charge in [-0.15, -0.1) is 38.0 Å². The molecule has 1 fully saturated rings. The fourth-order valence-electron chi connectivity index (χ4n) is 3.34. The molecule has 3 rings (SSSR count). The fourth-order valence-corrected chi connectivity index (χ4v) is 3.79. The van der Waals surface area contributed by atoms with Crippen LogP contribution in [0.1, 0.15) is 17.2 Å². The Balaban J connectivity index is 0.00000225. The van der Waals surface area contributed by atoms with Gasteiger partial charge in [0, 0.05) is 36.2 Å². The van der Waals surface area contributed by atoms with Gasteiger partial charge >= 0.3 is 6.36 Å². The standard InChI is InChI=1S/C19H20BrF3N2O3.2ClH/c1-27-16-11-13(20)10-15(18(16)26)17(25-8-6-24-7-9-25)12-2-4-14(5-3-12)28-19(21,22)23;;/h2-5,10-11,17,24,26H,6-9H2,1H3;2*1H/t17-;;/m1../s1. The molecule has 2 N–H and O–H groups in total. The van der Waals surface area contributed by atoms with Crippen molar-refractivity contribution in [2.45, 2.75) is 12.4 Å². The largest absolute Gasteiger partial charge is 0.573 e. The average Bonchev–Trinajstić information content (AvgIpc) is 2.65. The number of rotatable bonds is 5. The minimum absolute atomic E-state index is 0. The Labute approximate surface area is 193 Å². The quantitative estimate of drug-likeness (QED) is 0.572. The molecule has 0 aromatic heterocycles. The van der Waals surface area contributed by atoms with E-state index >= 15 is 0 Å². The van der Waals surface area contributed by atoms with E-state index in [1.165, 1.54) is 19.2 Å². The van der Waals surface area contributed by atoms with Crippen molar-refractivity contribution in [3.63, 3.8) is 0 Å². The Morgan fingerprint density at radius 1 is 1.10 bits per heavy atom. The topological polar surface area (TPSA) is 54.0 Å². The molecule has 1 aliphatic heterocycles. The van der Waals surface area contributed by atoms with Crippen LogP contribution in [-0.4, -0.2) is 49.7 Å². The Morgan fingerprint density at radius 2 is 1.70 bits per heavy atom. The second-order valence-electron chi connectivity index (χ2n) is 6.35. The number of phenols is 1. The molecule has 1 atom stereocenters. The van der Waals surface area contributed by atoms with Crippen LogP contribution >= 0.6 is 40.7 Å². The first kappa shape index (κ1) is 26.6. The maximum atomic E-state index is 12.4. The highest BCUT2D eigenvalue weighted by Crippen LogP contribution is 2.42. The summed E-state index contributed by atoms with van der Waals surface area (Å²) in [6.45, 7) is 2.99. The lowest BCUT2D eigenvalue weighted by Gasteiger charge is -2.36. The van der Waals surface area contributed by atoms with Crippen LogP contribution in [0.5, 0.6) is 17.2 Å². The van der Waals surface area contributed by atoms with Gasteiger partial charge in [0.2, 0.25) is 0 Å². The lowest BCUT2D eigenvalue weighted by atomic mass is 9.95. The van der Waals surface area contributed by atoms with Crippen LogP contribution in [0, 0.1) is 0 Å². The van der Waals surface area contributed by atoms with Crippen LogP contribution < -0.4 is 14.8 Å². The summed E-state index contributed by atoms with van der Waals surface area (Å²) < 4.78 is 47.3. The molecule has 0 aliphatic carbocycles. The first-order valence-corrected chi connectivity index (χ1v) is 9.44. The van der Waals surface area contributed by atoms with Gasteiger partial charge in [-0.1, -0.05) is 28.1 Å². The number of aromatic hydroxyl groups is 1. The number of nitrogens with one attached hydrogen (secondary N) is 1. The molecule has 11 heteroatoms. The minimum atomic E-state index is -4.74. The molecule has 0 bridgehead atoms. The van der Waals surface area contributed by atoms with Gasteiger partial charge in [0.1, 0.15) is 5.75 Å². The first-order valence-electron chi connectivity index (χ1n) is 8.65. The van der Waals surface area contributed by atoms with Crippen LogP contribution in [0.2, 0.25) is 0 Å². The highest BCUT2D eigenvalue weighted by Gasteiger charge is 2.32. The lowest BCUT2D eigenvalue weighted by Crippen LogP contribution is -2.45. The molecule has 0 spiro atoms. The van der Waals surface area contributed by atoms with Crippen molar-refractivity contribution >= 4 is 40.7 Å². The van der Waals surface area contributed by atoms with E-state index in [4.69, 9.17) is 4.74 Å². The SMILES string of the molecule is COc1cc(Br)cc([C@@H](c2ccc(OC(F)(F)F)cc2)N2CCNCC2)c1O.Cl.Cl. The van der Waals surface area contributed by atoms with Crippen molar-refractivity contribution in [3.8, 4) is 17.2 Å². The number of benzene rings is 2. The number of phenolic OH excluding ortho intramolecular Hbond substituents is 1. The predicted molar refractivity (Wildman–Crippen MR) is 116 cm³/mol. The molecular weight excluding hydrogens is 512 g/mol. The van der Waals surface area contributed by atoms with E-state index in [2.05, 4.69) is 30.9 Å². The third-order valence-electron chi connectivity index (χ3n) is 4.53. The summed E-state index contributed by atoms with van der Waals surface area (Å²) in [5.74, 6) is 0.0396.